The molecule has 7 nitrogen and oxygen atoms in total. The average molecular weight is 697 g/mol. The fourth-order valence-electron chi connectivity index (χ4n) is 4.66. The molecule has 0 radical (unpaired) electrons. The Hall–Kier alpha value is -3.66. The summed E-state index contributed by atoms with van der Waals surface area (Å²) in [5.74, 6) is -0.842. The Labute approximate surface area is 273 Å². The van der Waals surface area contributed by atoms with Crippen molar-refractivity contribution in [2.75, 3.05) is 10.8 Å². The highest BCUT2D eigenvalue weighted by atomic mass is 79.9. The maximum absolute atomic E-state index is 14.5. The normalized spacial score (nSPS) is 12.6. The van der Waals surface area contributed by atoms with Crippen LogP contribution >= 0.6 is 27.5 Å². The van der Waals surface area contributed by atoms with E-state index in [1.807, 2.05) is 44.2 Å². The Kier molecular flexibility index (Phi) is 11.6. The lowest BCUT2D eigenvalue weighted by Gasteiger charge is -2.34. The van der Waals surface area contributed by atoms with E-state index in [4.69, 9.17) is 11.6 Å². The fourth-order valence-corrected chi connectivity index (χ4v) is 6.60. The van der Waals surface area contributed by atoms with Gasteiger partial charge in [-0.05, 0) is 66.9 Å². The van der Waals surface area contributed by atoms with Crippen LogP contribution in [0.1, 0.15) is 31.4 Å². The van der Waals surface area contributed by atoms with Crippen molar-refractivity contribution < 1.29 is 18.0 Å². The number of nitrogens with zero attached hydrogens (tertiary/aromatic N) is 2. The number of carbonyl (C=O) groups excluding carboxylic acids is 2. The van der Waals surface area contributed by atoms with E-state index in [-0.39, 0.29) is 29.8 Å². The van der Waals surface area contributed by atoms with Gasteiger partial charge >= 0.3 is 0 Å². The largest absolute Gasteiger partial charge is 0.352 e. The maximum Gasteiger partial charge on any atom is 0.264 e. The highest BCUT2D eigenvalue weighted by molar-refractivity contribution is 9.10. The third kappa shape index (κ3) is 8.71. The number of carbonyl (C=O) groups is 2. The van der Waals surface area contributed by atoms with Crippen molar-refractivity contribution in [1.82, 2.24) is 10.2 Å². The molecule has 10 heteroatoms. The van der Waals surface area contributed by atoms with E-state index in [0.717, 1.165) is 15.4 Å². The van der Waals surface area contributed by atoms with Crippen molar-refractivity contribution in [1.29, 1.82) is 0 Å². The second-order valence-corrected chi connectivity index (χ2v) is 13.7. The van der Waals surface area contributed by atoms with Gasteiger partial charge in [0, 0.05) is 28.5 Å². The van der Waals surface area contributed by atoms with Crippen LogP contribution in [-0.2, 0) is 32.6 Å². The monoisotopic (exact) mass is 695 g/mol. The first-order valence-electron chi connectivity index (χ1n) is 14.3. The summed E-state index contributed by atoms with van der Waals surface area (Å²) in [5.41, 5.74) is 1.93. The van der Waals surface area contributed by atoms with E-state index in [9.17, 15) is 18.0 Å². The summed E-state index contributed by atoms with van der Waals surface area (Å²) in [6.07, 6.45) is 0.950. The molecule has 4 rings (SSSR count). The molecule has 0 spiro atoms. The van der Waals surface area contributed by atoms with Gasteiger partial charge in [0.05, 0.1) is 10.6 Å². The van der Waals surface area contributed by atoms with E-state index in [0.29, 0.717) is 21.6 Å². The lowest BCUT2D eigenvalue weighted by molar-refractivity contribution is -0.140. The molecule has 0 bridgehead atoms. The predicted molar refractivity (Wildman–Crippen MR) is 179 cm³/mol. The number of hydrogen-bond acceptors (Lipinski definition) is 4. The first-order chi connectivity index (χ1) is 21.1. The van der Waals surface area contributed by atoms with Crippen LogP contribution in [-0.4, -0.2) is 43.8 Å². The molecular weight excluding hydrogens is 662 g/mol. The number of benzene rings is 4. The van der Waals surface area contributed by atoms with E-state index in [2.05, 4.69) is 21.2 Å². The number of halogens is 2. The van der Waals surface area contributed by atoms with Crippen LogP contribution in [0.15, 0.2) is 119 Å². The van der Waals surface area contributed by atoms with Gasteiger partial charge < -0.3 is 10.2 Å². The molecule has 2 amide bonds. The molecule has 44 heavy (non-hydrogen) atoms. The van der Waals surface area contributed by atoms with Crippen molar-refractivity contribution in [3.8, 4) is 0 Å². The number of amides is 2. The third-order valence-electron chi connectivity index (χ3n) is 7.24. The van der Waals surface area contributed by atoms with E-state index in [1.165, 1.54) is 17.0 Å². The summed E-state index contributed by atoms with van der Waals surface area (Å²) in [4.78, 5) is 29.8. The first-order valence-corrected chi connectivity index (χ1v) is 16.9. The summed E-state index contributed by atoms with van der Waals surface area (Å²) in [7, 11) is -4.16. The Morgan fingerprint density at radius 3 is 2.11 bits per heavy atom. The average Bonchev–Trinajstić information content (AvgIpc) is 3.03. The molecule has 1 N–H and O–H groups in total. The molecule has 0 aliphatic carbocycles. The SMILES string of the molecule is CC[C@H](C)NC(=O)[C@H](Cc1ccccc1)N(Cc1ccc(Cl)cc1)C(=O)CN(c1cccc(Br)c1)S(=O)(=O)c1ccccc1. The Balaban J connectivity index is 1.80. The molecule has 4 aromatic rings. The van der Waals surface area contributed by atoms with Crippen LogP contribution < -0.4 is 9.62 Å². The summed E-state index contributed by atoms with van der Waals surface area (Å²) in [6.45, 7) is 3.42. The van der Waals surface area contributed by atoms with Crippen molar-refractivity contribution in [3.63, 3.8) is 0 Å². The summed E-state index contributed by atoms with van der Waals surface area (Å²) < 4.78 is 29.8. The van der Waals surface area contributed by atoms with Gasteiger partial charge in [0.1, 0.15) is 12.6 Å². The number of hydrogen-bond donors (Lipinski definition) is 1. The topological polar surface area (TPSA) is 86.8 Å². The van der Waals surface area contributed by atoms with E-state index in [1.54, 1.807) is 66.7 Å². The Morgan fingerprint density at radius 1 is 0.864 bits per heavy atom. The van der Waals surface area contributed by atoms with Crippen LogP contribution in [0.25, 0.3) is 0 Å². The van der Waals surface area contributed by atoms with Gasteiger partial charge in [-0.3, -0.25) is 13.9 Å². The molecule has 0 aliphatic heterocycles. The van der Waals surface area contributed by atoms with Crippen LogP contribution in [0.5, 0.6) is 0 Å². The maximum atomic E-state index is 14.5. The van der Waals surface area contributed by atoms with Crippen molar-refractivity contribution >= 4 is 55.1 Å². The zero-order valence-electron chi connectivity index (χ0n) is 24.6. The van der Waals surface area contributed by atoms with E-state index < -0.39 is 28.5 Å². The zero-order chi connectivity index (χ0) is 31.7. The van der Waals surface area contributed by atoms with Gasteiger partial charge in [0.2, 0.25) is 11.8 Å². The molecule has 0 unspecified atom stereocenters. The zero-order valence-corrected chi connectivity index (χ0v) is 27.7. The molecule has 230 valence electrons. The predicted octanol–water partition coefficient (Wildman–Crippen LogP) is 6.85. The van der Waals surface area contributed by atoms with Crippen LogP contribution in [0, 0.1) is 0 Å². The lowest BCUT2D eigenvalue weighted by atomic mass is 10.0. The van der Waals surface area contributed by atoms with E-state index >= 15 is 0 Å². The smallest absolute Gasteiger partial charge is 0.264 e. The van der Waals surface area contributed by atoms with Gasteiger partial charge in [-0.1, -0.05) is 101 Å². The highest BCUT2D eigenvalue weighted by Crippen LogP contribution is 2.27. The summed E-state index contributed by atoms with van der Waals surface area (Å²) in [5, 5.41) is 3.58. The number of nitrogens with one attached hydrogen (secondary N) is 1. The molecule has 0 aromatic heterocycles. The van der Waals surface area contributed by atoms with Crippen molar-refractivity contribution in [2.45, 2.75) is 50.2 Å². The number of sulfonamides is 1. The Morgan fingerprint density at radius 2 is 1.50 bits per heavy atom. The van der Waals surface area contributed by atoms with Crippen LogP contribution in [0.3, 0.4) is 0 Å². The van der Waals surface area contributed by atoms with Gasteiger partial charge in [-0.2, -0.15) is 0 Å². The third-order valence-corrected chi connectivity index (χ3v) is 9.78. The molecule has 4 aromatic carbocycles. The minimum Gasteiger partial charge on any atom is -0.352 e. The van der Waals surface area contributed by atoms with Gasteiger partial charge in [-0.25, -0.2) is 8.42 Å². The van der Waals surface area contributed by atoms with Crippen molar-refractivity contribution in [2.24, 2.45) is 0 Å². The molecule has 0 aliphatic rings. The second-order valence-electron chi connectivity index (χ2n) is 10.5. The van der Waals surface area contributed by atoms with Crippen LogP contribution in [0.2, 0.25) is 5.02 Å². The van der Waals surface area contributed by atoms with Crippen molar-refractivity contribution in [3.05, 3.63) is 130 Å². The number of anilines is 1. The lowest BCUT2D eigenvalue weighted by Crippen LogP contribution is -2.54. The second kappa shape index (κ2) is 15.4. The van der Waals surface area contributed by atoms with Gasteiger partial charge in [0.15, 0.2) is 0 Å². The quantitative estimate of drug-likeness (QED) is 0.166. The minimum atomic E-state index is -4.16. The van der Waals surface area contributed by atoms with Gasteiger partial charge in [0.25, 0.3) is 10.0 Å². The first kappa shape index (κ1) is 33.2. The molecule has 0 saturated carbocycles. The fraction of sp³-hybridized carbons (Fsp3) is 0.235. The summed E-state index contributed by atoms with van der Waals surface area (Å²) in [6, 6.07) is 30.2. The number of rotatable bonds is 13. The molecular formula is C34H35BrClN3O4S. The highest BCUT2D eigenvalue weighted by Gasteiger charge is 2.35. The Bertz CT molecular complexity index is 1660. The molecule has 2 atom stereocenters. The standard InChI is InChI=1S/C34H35BrClN3O4S/c1-3-25(2)37-34(41)32(21-26-11-6-4-7-12-26)38(23-27-17-19-29(36)20-18-27)33(40)24-39(30-14-10-13-28(35)22-30)44(42,43)31-15-8-5-9-16-31/h4-20,22,25,32H,3,21,23-24H2,1-2H3,(H,37,41)/t25-,32-/m0/s1. The minimum absolute atomic E-state index is 0.0485. The molecule has 0 fully saturated rings. The molecule has 0 heterocycles. The summed E-state index contributed by atoms with van der Waals surface area (Å²) >= 11 is 9.57. The van der Waals surface area contributed by atoms with Gasteiger partial charge in [-0.15, -0.1) is 0 Å². The molecule has 0 saturated heterocycles. The van der Waals surface area contributed by atoms with Crippen LogP contribution in [0.4, 0.5) is 5.69 Å².